The molecule has 8 heteroatoms. The first-order chi connectivity index (χ1) is 13.0. The molecule has 1 heterocycles. The number of carbonyl (C=O) groups excluding carboxylic acids is 2. The summed E-state index contributed by atoms with van der Waals surface area (Å²) in [5, 5.41) is 18.6. The molecule has 148 valence electrons. The summed E-state index contributed by atoms with van der Waals surface area (Å²) in [6, 6.07) is 6.13. The number of nitrogens with one attached hydrogen (secondary N) is 6. The summed E-state index contributed by atoms with van der Waals surface area (Å²) in [6.07, 6.45) is 4.01. The molecule has 3 atom stereocenters. The van der Waals surface area contributed by atoms with E-state index in [-0.39, 0.29) is 30.4 Å². The van der Waals surface area contributed by atoms with Gasteiger partial charge < -0.3 is 21.3 Å². The summed E-state index contributed by atoms with van der Waals surface area (Å²) < 4.78 is 0. The van der Waals surface area contributed by atoms with Gasteiger partial charge in [-0.25, -0.2) is 4.79 Å². The molecule has 1 fully saturated rings. The summed E-state index contributed by atoms with van der Waals surface area (Å²) in [7, 11) is 0. The molecule has 0 aromatic heterocycles. The molecule has 1 aromatic rings. The Balaban J connectivity index is 1.45. The molecule has 3 amide bonds. The molecule has 27 heavy (non-hydrogen) atoms. The van der Waals surface area contributed by atoms with Crippen LogP contribution in [0.25, 0.3) is 0 Å². The van der Waals surface area contributed by atoms with Gasteiger partial charge in [0.05, 0.1) is 6.17 Å². The molecule has 0 bridgehead atoms. The zero-order valence-electron chi connectivity index (χ0n) is 16.0. The minimum Gasteiger partial charge on any atom is -0.355 e. The van der Waals surface area contributed by atoms with Crippen LogP contribution in [0, 0.1) is 0 Å². The van der Waals surface area contributed by atoms with E-state index in [1.807, 2.05) is 6.07 Å². The number of urea groups is 1. The second-order valence-electron chi connectivity index (χ2n) is 7.33. The summed E-state index contributed by atoms with van der Waals surface area (Å²) in [5.74, 6) is -0.0359. The maximum atomic E-state index is 12.4. The van der Waals surface area contributed by atoms with Crippen molar-refractivity contribution in [1.82, 2.24) is 26.6 Å². The van der Waals surface area contributed by atoms with E-state index in [4.69, 9.17) is 0 Å². The van der Waals surface area contributed by atoms with Crippen LogP contribution in [-0.2, 0) is 17.6 Å². The van der Waals surface area contributed by atoms with E-state index in [1.165, 1.54) is 24.5 Å². The van der Waals surface area contributed by atoms with Gasteiger partial charge in [0.25, 0.3) is 0 Å². The highest BCUT2D eigenvalue weighted by atomic mass is 16.2. The van der Waals surface area contributed by atoms with Gasteiger partial charge in [-0.3, -0.25) is 15.4 Å². The van der Waals surface area contributed by atoms with Crippen molar-refractivity contribution < 1.29 is 9.59 Å². The van der Waals surface area contributed by atoms with Crippen LogP contribution in [0.15, 0.2) is 18.2 Å². The van der Waals surface area contributed by atoms with Gasteiger partial charge in [0.15, 0.2) is 0 Å². The molecule has 2 aliphatic rings. The van der Waals surface area contributed by atoms with E-state index in [0.717, 1.165) is 24.9 Å². The number of carbonyl (C=O) groups is 2. The maximum Gasteiger partial charge on any atom is 0.321 e. The van der Waals surface area contributed by atoms with Gasteiger partial charge >= 0.3 is 6.03 Å². The second kappa shape index (κ2) is 9.16. The Morgan fingerprint density at radius 1 is 1.15 bits per heavy atom. The summed E-state index contributed by atoms with van der Waals surface area (Å²) >= 11 is 0. The molecule has 1 aromatic carbocycles. The van der Waals surface area contributed by atoms with Crippen LogP contribution in [0.4, 0.5) is 10.5 Å². The number of hydrogen-bond acceptors (Lipinski definition) is 5. The number of hydrogen-bond donors (Lipinski definition) is 6. The fourth-order valence-corrected chi connectivity index (χ4v) is 3.68. The van der Waals surface area contributed by atoms with Gasteiger partial charge in [0.1, 0.15) is 6.29 Å². The molecule has 3 unspecified atom stereocenters. The zero-order valence-corrected chi connectivity index (χ0v) is 16.0. The van der Waals surface area contributed by atoms with Gasteiger partial charge in [-0.1, -0.05) is 6.07 Å². The molecule has 1 aliphatic heterocycles. The number of benzene rings is 1. The summed E-state index contributed by atoms with van der Waals surface area (Å²) in [4.78, 5) is 23.3. The number of rotatable bonds is 6. The Morgan fingerprint density at radius 3 is 2.78 bits per heavy atom. The van der Waals surface area contributed by atoms with Crippen LogP contribution in [-0.4, -0.2) is 43.5 Å². The summed E-state index contributed by atoms with van der Waals surface area (Å²) in [5.41, 5.74) is 3.54. The Hall–Kier alpha value is -2.16. The van der Waals surface area contributed by atoms with Crippen LogP contribution in [0.1, 0.15) is 37.8 Å². The van der Waals surface area contributed by atoms with Crippen LogP contribution in [0.3, 0.4) is 0 Å². The molecular formula is C19H30N6O2. The normalized spacial score (nSPS) is 24.1. The van der Waals surface area contributed by atoms with Gasteiger partial charge in [0, 0.05) is 31.7 Å². The number of amides is 3. The molecule has 1 aliphatic carbocycles. The van der Waals surface area contributed by atoms with Gasteiger partial charge in [-0.2, -0.15) is 0 Å². The van der Waals surface area contributed by atoms with Gasteiger partial charge in [-0.15, -0.1) is 0 Å². The van der Waals surface area contributed by atoms with E-state index in [9.17, 15) is 9.59 Å². The lowest BCUT2D eigenvalue weighted by atomic mass is 10.1. The van der Waals surface area contributed by atoms with E-state index < -0.39 is 0 Å². The fraction of sp³-hybridized carbons (Fsp3) is 0.579. The Labute approximate surface area is 160 Å². The SMILES string of the molecule is CC(=O)NCCNC1CC(C)NC(NC(=O)Nc2ccc3c(c2)CCC3)N1. The monoisotopic (exact) mass is 374 g/mol. The Morgan fingerprint density at radius 2 is 1.96 bits per heavy atom. The summed E-state index contributed by atoms with van der Waals surface area (Å²) in [6.45, 7) is 4.82. The number of anilines is 1. The maximum absolute atomic E-state index is 12.4. The smallest absolute Gasteiger partial charge is 0.321 e. The third-order valence-electron chi connectivity index (χ3n) is 4.93. The largest absolute Gasteiger partial charge is 0.355 e. The molecule has 6 N–H and O–H groups in total. The van der Waals surface area contributed by atoms with Crippen molar-refractivity contribution in [1.29, 1.82) is 0 Å². The molecular weight excluding hydrogens is 344 g/mol. The van der Waals surface area contributed by atoms with E-state index in [2.05, 4.69) is 51.0 Å². The Bertz CT molecular complexity index is 680. The second-order valence-corrected chi connectivity index (χ2v) is 7.33. The standard InChI is InChI=1S/C19H30N6O2/c1-12-10-17(21-9-8-20-13(2)26)24-18(22-12)25-19(27)23-16-7-6-14-4-3-5-15(14)11-16/h6-7,11-12,17-18,21-22,24H,3-5,8-10H2,1-2H3,(H,20,26)(H2,23,25,27). The van der Waals surface area contributed by atoms with E-state index in [1.54, 1.807) is 0 Å². The van der Waals surface area contributed by atoms with Crippen molar-refractivity contribution >= 4 is 17.6 Å². The van der Waals surface area contributed by atoms with Crippen molar-refractivity contribution in [2.45, 2.75) is 58.0 Å². The van der Waals surface area contributed by atoms with Crippen LogP contribution in [0.2, 0.25) is 0 Å². The lowest BCUT2D eigenvalue weighted by Gasteiger charge is -2.36. The molecule has 0 radical (unpaired) electrons. The van der Waals surface area contributed by atoms with Crippen molar-refractivity contribution in [3.63, 3.8) is 0 Å². The van der Waals surface area contributed by atoms with Crippen LogP contribution < -0.4 is 31.9 Å². The van der Waals surface area contributed by atoms with Crippen molar-refractivity contribution in [2.24, 2.45) is 0 Å². The highest BCUT2D eigenvalue weighted by Gasteiger charge is 2.25. The number of fused-ring (bicyclic) bond motifs is 1. The predicted octanol–water partition coefficient (Wildman–Crippen LogP) is 0.604. The molecule has 0 spiro atoms. The highest BCUT2D eigenvalue weighted by molar-refractivity contribution is 5.89. The molecule has 1 saturated heterocycles. The minimum absolute atomic E-state index is 0.0359. The molecule has 0 saturated carbocycles. The van der Waals surface area contributed by atoms with Crippen LogP contribution in [0.5, 0.6) is 0 Å². The quantitative estimate of drug-likeness (QED) is 0.409. The first-order valence-corrected chi connectivity index (χ1v) is 9.69. The predicted molar refractivity (Wildman–Crippen MR) is 105 cm³/mol. The highest BCUT2D eigenvalue weighted by Crippen LogP contribution is 2.24. The fourth-order valence-electron chi connectivity index (χ4n) is 3.68. The molecule has 8 nitrogen and oxygen atoms in total. The van der Waals surface area contributed by atoms with Gasteiger partial charge in [0.2, 0.25) is 5.91 Å². The topological polar surface area (TPSA) is 106 Å². The lowest BCUT2D eigenvalue weighted by molar-refractivity contribution is -0.118. The number of aryl methyl sites for hydroxylation is 2. The Kier molecular flexibility index (Phi) is 6.65. The first-order valence-electron chi connectivity index (χ1n) is 9.69. The van der Waals surface area contributed by atoms with Crippen molar-refractivity contribution in [3.05, 3.63) is 29.3 Å². The third-order valence-corrected chi connectivity index (χ3v) is 4.93. The van der Waals surface area contributed by atoms with Crippen LogP contribution >= 0.6 is 0 Å². The zero-order chi connectivity index (χ0) is 19.2. The lowest BCUT2D eigenvalue weighted by Crippen LogP contribution is -2.68. The average molecular weight is 374 g/mol. The van der Waals surface area contributed by atoms with Crippen molar-refractivity contribution in [2.75, 3.05) is 18.4 Å². The minimum atomic E-state index is -0.332. The van der Waals surface area contributed by atoms with E-state index >= 15 is 0 Å². The first kappa shape index (κ1) is 19.6. The molecule has 3 rings (SSSR count). The average Bonchev–Trinajstić information content (AvgIpc) is 3.05. The van der Waals surface area contributed by atoms with Gasteiger partial charge in [-0.05, 0) is 55.9 Å². The van der Waals surface area contributed by atoms with Crippen molar-refractivity contribution in [3.8, 4) is 0 Å². The third kappa shape index (κ3) is 5.92. The van der Waals surface area contributed by atoms with E-state index in [0.29, 0.717) is 13.1 Å².